The number of hydrogen-bond donors (Lipinski definition) is 2. The van der Waals surface area contributed by atoms with Gasteiger partial charge in [0.1, 0.15) is 5.82 Å². The van der Waals surface area contributed by atoms with Gasteiger partial charge in [-0.2, -0.15) is 0 Å². The topological polar surface area (TPSA) is 66.4 Å². The predicted molar refractivity (Wildman–Crippen MR) is 58.7 cm³/mol. The quantitative estimate of drug-likeness (QED) is 0.888. The molecule has 0 saturated heterocycles. The second-order valence-corrected chi connectivity index (χ2v) is 3.88. The van der Waals surface area contributed by atoms with E-state index in [1.807, 2.05) is 0 Å². The van der Waals surface area contributed by atoms with Gasteiger partial charge in [-0.15, -0.1) is 0 Å². The Morgan fingerprint density at radius 3 is 2.69 bits per heavy atom. The number of rotatable bonds is 4. The standard InChI is InChI=1S/C10H9BrFNO3/c11-7-5-6(1-2-8(7)12)10(16)13-4-3-9(14)15/h1-2,5H,3-4H2,(H,13,16)(H,14,15). The fraction of sp³-hybridized carbons (Fsp3) is 0.200. The highest BCUT2D eigenvalue weighted by atomic mass is 79.9. The van der Waals surface area contributed by atoms with Crippen LogP contribution in [0.4, 0.5) is 4.39 Å². The van der Waals surface area contributed by atoms with Crippen LogP contribution in [0, 0.1) is 5.82 Å². The molecule has 0 atom stereocenters. The molecular formula is C10H9BrFNO3. The summed E-state index contributed by atoms with van der Waals surface area (Å²) in [5.74, 6) is -1.87. The van der Waals surface area contributed by atoms with Crippen molar-refractivity contribution in [3.05, 3.63) is 34.1 Å². The Morgan fingerprint density at radius 2 is 2.12 bits per heavy atom. The van der Waals surface area contributed by atoms with Gasteiger partial charge in [-0.3, -0.25) is 9.59 Å². The van der Waals surface area contributed by atoms with Gasteiger partial charge in [0, 0.05) is 12.1 Å². The lowest BCUT2D eigenvalue weighted by Crippen LogP contribution is -2.25. The molecule has 0 unspecified atom stereocenters. The van der Waals surface area contributed by atoms with Crippen LogP contribution in [-0.4, -0.2) is 23.5 Å². The summed E-state index contributed by atoms with van der Waals surface area (Å²) in [5, 5.41) is 10.8. The molecule has 1 rings (SSSR count). The minimum Gasteiger partial charge on any atom is -0.481 e. The lowest BCUT2D eigenvalue weighted by molar-refractivity contribution is -0.136. The Morgan fingerprint density at radius 1 is 1.44 bits per heavy atom. The highest BCUT2D eigenvalue weighted by Crippen LogP contribution is 2.16. The van der Waals surface area contributed by atoms with Gasteiger partial charge >= 0.3 is 5.97 Å². The summed E-state index contributed by atoms with van der Waals surface area (Å²) in [6.45, 7) is 0.0448. The van der Waals surface area contributed by atoms with Crippen LogP contribution < -0.4 is 5.32 Å². The summed E-state index contributed by atoms with van der Waals surface area (Å²) in [7, 11) is 0. The molecular weight excluding hydrogens is 281 g/mol. The Kier molecular flexibility index (Phi) is 4.42. The van der Waals surface area contributed by atoms with Gasteiger partial charge in [0.2, 0.25) is 0 Å². The zero-order chi connectivity index (χ0) is 12.1. The first-order valence-corrected chi connectivity index (χ1v) is 5.25. The first kappa shape index (κ1) is 12.6. The van der Waals surface area contributed by atoms with E-state index in [1.54, 1.807) is 0 Å². The monoisotopic (exact) mass is 289 g/mol. The normalized spacial score (nSPS) is 9.88. The molecule has 16 heavy (non-hydrogen) atoms. The molecule has 0 aromatic heterocycles. The van der Waals surface area contributed by atoms with Crippen molar-refractivity contribution in [2.24, 2.45) is 0 Å². The highest BCUT2D eigenvalue weighted by molar-refractivity contribution is 9.10. The second-order valence-electron chi connectivity index (χ2n) is 3.03. The van der Waals surface area contributed by atoms with Gasteiger partial charge < -0.3 is 10.4 Å². The lowest BCUT2D eigenvalue weighted by Gasteiger charge is -2.04. The third-order valence-electron chi connectivity index (χ3n) is 1.81. The molecule has 1 amide bonds. The summed E-state index contributed by atoms with van der Waals surface area (Å²) in [4.78, 5) is 21.7. The maximum Gasteiger partial charge on any atom is 0.305 e. The number of benzene rings is 1. The number of carboxylic acid groups (broad SMARTS) is 1. The zero-order valence-electron chi connectivity index (χ0n) is 8.17. The van der Waals surface area contributed by atoms with Crippen LogP contribution in [-0.2, 0) is 4.79 Å². The molecule has 2 N–H and O–H groups in total. The van der Waals surface area contributed by atoms with Crippen molar-refractivity contribution in [3.63, 3.8) is 0 Å². The van der Waals surface area contributed by atoms with Crippen LogP contribution in [0.25, 0.3) is 0 Å². The van der Waals surface area contributed by atoms with E-state index >= 15 is 0 Å². The highest BCUT2D eigenvalue weighted by Gasteiger charge is 2.08. The van der Waals surface area contributed by atoms with E-state index in [1.165, 1.54) is 12.1 Å². The van der Waals surface area contributed by atoms with E-state index in [0.29, 0.717) is 0 Å². The summed E-state index contributed by atoms with van der Waals surface area (Å²) in [6.07, 6.45) is -0.145. The van der Waals surface area contributed by atoms with Crippen molar-refractivity contribution >= 4 is 27.8 Å². The van der Waals surface area contributed by atoms with Crippen molar-refractivity contribution in [2.45, 2.75) is 6.42 Å². The maximum atomic E-state index is 12.9. The molecule has 0 fully saturated rings. The van der Waals surface area contributed by atoms with Crippen LogP contribution in [0.2, 0.25) is 0 Å². The van der Waals surface area contributed by atoms with E-state index in [9.17, 15) is 14.0 Å². The third-order valence-corrected chi connectivity index (χ3v) is 2.41. The van der Waals surface area contributed by atoms with Gasteiger partial charge in [-0.05, 0) is 34.1 Å². The fourth-order valence-corrected chi connectivity index (χ4v) is 1.40. The molecule has 0 heterocycles. The molecule has 0 radical (unpaired) electrons. The Labute approximate surface area is 99.6 Å². The van der Waals surface area contributed by atoms with Crippen molar-refractivity contribution in [3.8, 4) is 0 Å². The largest absolute Gasteiger partial charge is 0.481 e. The number of carboxylic acids is 1. The summed E-state index contributed by atoms with van der Waals surface area (Å²) in [5.41, 5.74) is 0.277. The van der Waals surface area contributed by atoms with Crippen LogP contribution in [0.1, 0.15) is 16.8 Å². The van der Waals surface area contributed by atoms with Gasteiger partial charge in [0.15, 0.2) is 0 Å². The Hall–Kier alpha value is -1.43. The molecule has 0 saturated carbocycles. The summed E-state index contributed by atoms with van der Waals surface area (Å²) in [6, 6.07) is 3.83. The van der Waals surface area contributed by atoms with Crippen molar-refractivity contribution < 1.29 is 19.1 Å². The number of aliphatic carboxylic acids is 1. The van der Waals surface area contributed by atoms with Crippen LogP contribution in [0.15, 0.2) is 22.7 Å². The third kappa shape index (κ3) is 3.62. The number of halogens is 2. The predicted octanol–water partition coefficient (Wildman–Crippen LogP) is 1.79. The minimum atomic E-state index is -0.986. The van der Waals surface area contributed by atoms with Gasteiger partial charge in [-0.25, -0.2) is 4.39 Å². The lowest BCUT2D eigenvalue weighted by atomic mass is 10.2. The molecule has 0 aliphatic carbocycles. The van der Waals surface area contributed by atoms with Gasteiger partial charge in [0.25, 0.3) is 5.91 Å². The number of hydrogen-bond acceptors (Lipinski definition) is 2. The van der Waals surface area contributed by atoms with E-state index in [0.717, 1.165) is 6.07 Å². The molecule has 6 heteroatoms. The number of amides is 1. The number of carbonyl (C=O) groups excluding carboxylic acids is 1. The fourth-order valence-electron chi connectivity index (χ4n) is 1.02. The zero-order valence-corrected chi connectivity index (χ0v) is 9.75. The van der Waals surface area contributed by atoms with Crippen LogP contribution >= 0.6 is 15.9 Å². The molecule has 0 aliphatic heterocycles. The van der Waals surface area contributed by atoms with E-state index < -0.39 is 17.7 Å². The average molecular weight is 290 g/mol. The molecule has 0 bridgehead atoms. The Bertz CT molecular complexity index is 423. The van der Waals surface area contributed by atoms with E-state index in [-0.39, 0.29) is 23.0 Å². The molecule has 86 valence electrons. The maximum absolute atomic E-state index is 12.9. The van der Waals surface area contributed by atoms with Gasteiger partial charge in [0.05, 0.1) is 10.9 Å². The van der Waals surface area contributed by atoms with Crippen LogP contribution in [0.3, 0.4) is 0 Å². The first-order valence-electron chi connectivity index (χ1n) is 4.45. The molecule has 0 aliphatic rings. The first-order chi connectivity index (χ1) is 7.50. The Balaban J connectivity index is 2.59. The van der Waals surface area contributed by atoms with Crippen molar-refractivity contribution in [1.82, 2.24) is 5.32 Å². The molecule has 0 spiro atoms. The SMILES string of the molecule is O=C(O)CCNC(=O)c1ccc(F)c(Br)c1. The van der Waals surface area contributed by atoms with Crippen molar-refractivity contribution in [1.29, 1.82) is 0 Å². The molecule has 4 nitrogen and oxygen atoms in total. The van der Waals surface area contributed by atoms with Crippen molar-refractivity contribution in [2.75, 3.05) is 6.54 Å². The molecule has 1 aromatic rings. The number of carbonyl (C=O) groups is 2. The molecule has 1 aromatic carbocycles. The summed E-state index contributed by atoms with van der Waals surface area (Å²) >= 11 is 2.96. The number of nitrogens with one attached hydrogen (secondary N) is 1. The van der Waals surface area contributed by atoms with E-state index in [4.69, 9.17) is 5.11 Å². The minimum absolute atomic E-state index is 0.0448. The smallest absolute Gasteiger partial charge is 0.305 e. The average Bonchev–Trinajstić information content (AvgIpc) is 2.21. The van der Waals surface area contributed by atoms with E-state index in [2.05, 4.69) is 21.2 Å². The van der Waals surface area contributed by atoms with Crippen LogP contribution in [0.5, 0.6) is 0 Å². The van der Waals surface area contributed by atoms with Gasteiger partial charge in [-0.1, -0.05) is 0 Å². The second kappa shape index (κ2) is 5.60. The summed E-state index contributed by atoms with van der Waals surface area (Å²) < 4.78 is 13.1.